The van der Waals surface area contributed by atoms with Crippen molar-refractivity contribution in [2.24, 2.45) is 5.41 Å². The zero-order chi connectivity index (χ0) is 8.98. The molecular formula is C8H11F3O. The average molecular weight is 180 g/mol. The van der Waals surface area contributed by atoms with Crippen molar-refractivity contribution in [1.82, 2.24) is 0 Å². The molecule has 2 rings (SSSR count). The fourth-order valence-corrected chi connectivity index (χ4v) is 2.14. The quantitative estimate of drug-likeness (QED) is 0.653. The summed E-state index contributed by atoms with van der Waals surface area (Å²) in [4.78, 5) is 0. The molecule has 0 saturated heterocycles. The first-order chi connectivity index (χ1) is 5.49. The molecule has 2 aliphatic carbocycles. The van der Waals surface area contributed by atoms with Crippen LogP contribution in [0.1, 0.15) is 25.7 Å². The Kier molecular flexibility index (Phi) is 1.50. The lowest BCUT2D eigenvalue weighted by Crippen LogP contribution is -2.34. The van der Waals surface area contributed by atoms with E-state index in [2.05, 4.69) is 0 Å². The van der Waals surface area contributed by atoms with E-state index in [0.29, 0.717) is 12.8 Å². The van der Waals surface area contributed by atoms with Gasteiger partial charge in [0.25, 0.3) is 6.43 Å². The number of halogens is 3. The molecule has 12 heavy (non-hydrogen) atoms. The van der Waals surface area contributed by atoms with Crippen LogP contribution in [-0.4, -0.2) is 23.3 Å². The maximum Gasteiger partial charge on any atom is 0.266 e. The number of hydrogen-bond acceptors (Lipinski definition) is 1. The van der Waals surface area contributed by atoms with Gasteiger partial charge in [-0.3, -0.25) is 0 Å². The number of aliphatic hydroxyl groups is 1. The van der Waals surface area contributed by atoms with Crippen LogP contribution in [0.5, 0.6) is 0 Å². The molecule has 0 amide bonds. The zero-order valence-electron chi connectivity index (χ0n) is 6.56. The van der Waals surface area contributed by atoms with E-state index < -0.39 is 23.6 Å². The summed E-state index contributed by atoms with van der Waals surface area (Å²) in [7, 11) is 0. The molecule has 2 fully saturated rings. The third-order valence-electron chi connectivity index (χ3n) is 3.15. The molecule has 1 N–H and O–H groups in total. The summed E-state index contributed by atoms with van der Waals surface area (Å²) in [6, 6.07) is 0. The summed E-state index contributed by atoms with van der Waals surface area (Å²) in [6.07, 6.45) is -3.16. The molecule has 70 valence electrons. The van der Waals surface area contributed by atoms with Gasteiger partial charge >= 0.3 is 0 Å². The van der Waals surface area contributed by atoms with Gasteiger partial charge in [0.15, 0.2) is 0 Å². The van der Waals surface area contributed by atoms with Crippen molar-refractivity contribution < 1.29 is 18.3 Å². The van der Waals surface area contributed by atoms with Crippen molar-refractivity contribution in [3.63, 3.8) is 0 Å². The molecule has 2 aliphatic rings. The van der Waals surface area contributed by atoms with E-state index in [1.165, 1.54) is 0 Å². The van der Waals surface area contributed by atoms with Crippen LogP contribution in [0.15, 0.2) is 0 Å². The molecule has 1 nitrogen and oxygen atoms in total. The van der Waals surface area contributed by atoms with E-state index in [4.69, 9.17) is 0 Å². The van der Waals surface area contributed by atoms with E-state index in [9.17, 15) is 18.3 Å². The highest BCUT2D eigenvalue weighted by molar-refractivity contribution is 5.12. The Labute approximate surface area is 68.6 Å². The largest absolute Gasteiger partial charge is 0.384 e. The smallest absolute Gasteiger partial charge is 0.266 e. The van der Waals surface area contributed by atoms with Crippen molar-refractivity contribution in [3.8, 4) is 0 Å². The lowest BCUT2D eigenvalue weighted by molar-refractivity contribution is -0.0954. The molecule has 0 aromatic heterocycles. The van der Waals surface area contributed by atoms with Crippen molar-refractivity contribution in [3.05, 3.63) is 0 Å². The van der Waals surface area contributed by atoms with Crippen molar-refractivity contribution in [2.45, 2.75) is 43.9 Å². The monoisotopic (exact) mass is 180 g/mol. The minimum absolute atomic E-state index is 0.0567. The Morgan fingerprint density at radius 3 is 2.17 bits per heavy atom. The van der Waals surface area contributed by atoms with E-state index in [0.717, 1.165) is 0 Å². The third-order valence-corrected chi connectivity index (χ3v) is 3.15. The van der Waals surface area contributed by atoms with Gasteiger partial charge in [-0.2, -0.15) is 0 Å². The summed E-state index contributed by atoms with van der Waals surface area (Å²) >= 11 is 0. The summed E-state index contributed by atoms with van der Waals surface area (Å²) in [5, 5.41) is 9.32. The summed E-state index contributed by atoms with van der Waals surface area (Å²) < 4.78 is 37.6. The van der Waals surface area contributed by atoms with Crippen LogP contribution < -0.4 is 0 Å². The molecule has 0 aromatic rings. The van der Waals surface area contributed by atoms with Crippen LogP contribution in [0.4, 0.5) is 13.2 Å². The molecule has 0 unspecified atom stereocenters. The molecule has 1 spiro atoms. The molecule has 2 atom stereocenters. The van der Waals surface area contributed by atoms with E-state index >= 15 is 0 Å². The number of rotatable bonds is 1. The molecule has 0 aliphatic heterocycles. The summed E-state index contributed by atoms with van der Waals surface area (Å²) in [6.45, 7) is 0. The first-order valence-electron chi connectivity index (χ1n) is 4.13. The van der Waals surface area contributed by atoms with Crippen LogP contribution in [0.2, 0.25) is 0 Å². The number of alkyl halides is 3. The Morgan fingerprint density at radius 1 is 1.33 bits per heavy atom. The molecule has 0 radical (unpaired) electrons. The minimum atomic E-state index is -2.81. The molecule has 0 bridgehead atoms. The van der Waals surface area contributed by atoms with Gasteiger partial charge in [0.1, 0.15) is 11.8 Å². The second-order valence-corrected chi connectivity index (χ2v) is 4.12. The molecule has 2 saturated carbocycles. The van der Waals surface area contributed by atoms with Crippen LogP contribution in [0.3, 0.4) is 0 Å². The van der Waals surface area contributed by atoms with Gasteiger partial charge < -0.3 is 5.11 Å². The zero-order valence-corrected chi connectivity index (χ0v) is 6.56. The topological polar surface area (TPSA) is 20.2 Å². The maximum absolute atomic E-state index is 13.1. The Bertz CT molecular complexity index is 202. The van der Waals surface area contributed by atoms with Gasteiger partial charge in [-0.25, -0.2) is 13.2 Å². The Morgan fingerprint density at radius 2 is 1.92 bits per heavy atom. The lowest BCUT2D eigenvalue weighted by atomic mass is 9.99. The SMILES string of the molecule is O[C@@]1(C(F)F)C[C@H](F)C2(CC2)C1. The first kappa shape index (κ1) is 8.35. The maximum atomic E-state index is 13.1. The third kappa shape index (κ3) is 0.969. The lowest BCUT2D eigenvalue weighted by Gasteiger charge is -2.20. The minimum Gasteiger partial charge on any atom is -0.384 e. The molecular weight excluding hydrogens is 169 g/mol. The van der Waals surface area contributed by atoms with E-state index in [1.807, 2.05) is 0 Å². The van der Waals surface area contributed by atoms with Crippen LogP contribution in [-0.2, 0) is 0 Å². The Hall–Kier alpha value is -0.250. The van der Waals surface area contributed by atoms with Crippen LogP contribution in [0, 0.1) is 5.41 Å². The van der Waals surface area contributed by atoms with Gasteiger partial charge in [0.05, 0.1) is 0 Å². The summed E-state index contributed by atoms with van der Waals surface area (Å²) in [5.74, 6) is 0. The molecule has 0 aromatic carbocycles. The molecule has 4 heteroatoms. The number of hydrogen-bond donors (Lipinski definition) is 1. The molecule has 0 heterocycles. The van der Waals surface area contributed by atoms with Crippen LogP contribution >= 0.6 is 0 Å². The van der Waals surface area contributed by atoms with E-state index in [-0.39, 0.29) is 12.8 Å². The fourth-order valence-electron chi connectivity index (χ4n) is 2.14. The predicted octanol–water partition coefficient (Wildman–Crippen LogP) is 1.89. The van der Waals surface area contributed by atoms with Crippen molar-refractivity contribution in [1.29, 1.82) is 0 Å². The highest BCUT2D eigenvalue weighted by Gasteiger charge is 2.63. The van der Waals surface area contributed by atoms with Crippen LogP contribution in [0.25, 0.3) is 0 Å². The van der Waals surface area contributed by atoms with E-state index in [1.54, 1.807) is 0 Å². The second-order valence-electron chi connectivity index (χ2n) is 4.12. The Balaban J connectivity index is 2.14. The van der Waals surface area contributed by atoms with Crippen molar-refractivity contribution >= 4 is 0 Å². The predicted molar refractivity (Wildman–Crippen MR) is 36.8 cm³/mol. The average Bonchev–Trinajstić information content (AvgIpc) is 2.63. The second kappa shape index (κ2) is 2.16. The van der Waals surface area contributed by atoms with Gasteiger partial charge in [-0.05, 0) is 19.3 Å². The summed E-state index contributed by atoms with van der Waals surface area (Å²) in [5.41, 5.74) is -2.62. The standard InChI is InChI=1S/C8H11F3O/c9-5-3-8(12,6(10)11)4-7(5)1-2-7/h5-6,12H,1-4H2/t5-,8-/m0/s1. The fraction of sp³-hybridized carbons (Fsp3) is 1.00. The highest BCUT2D eigenvalue weighted by Crippen LogP contribution is 2.62. The van der Waals surface area contributed by atoms with Gasteiger partial charge in [-0.15, -0.1) is 0 Å². The van der Waals surface area contributed by atoms with Gasteiger partial charge in [-0.1, -0.05) is 0 Å². The first-order valence-corrected chi connectivity index (χ1v) is 4.13. The normalized spacial score (nSPS) is 44.2. The van der Waals surface area contributed by atoms with Gasteiger partial charge in [0, 0.05) is 11.8 Å². The van der Waals surface area contributed by atoms with Crippen molar-refractivity contribution in [2.75, 3.05) is 0 Å². The highest BCUT2D eigenvalue weighted by atomic mass is 19.3. The van der Waals surface area contributed by atoms with Gasteiger partial charge in [0.2, 0.25) is 0 Å².